The van der Waals surface area contributed by atoms with Gasteiger partial charge < -0.3 is 0 Å². The summed E-state index contributed by atoms with van der Waals surface area (Å²) in [5.41, 5.74) is 0.118. The van der Waals surface area contributed by atoms with Crippen LogP contribution in [0, 0.1) is 23.4 Å². The number of hydrogen-bond acceptors (Lipinski definition) is 3. The van der Waals surface area contributed by atoms with Crippen LogP contribution in [0.5, 0.6) is 0 Å². The zero-order valence-corrected chi connectivity index (χ0v) is 17.5. The van der Waals surface area contributed by atoms with Gasteiger partial charge >= 0.3 is 0 Å². The molecule has 2 aromatic carbocycles. The van der Waals surface area contributed by atoms with Gasteiger partial charge in [0.2, 0.25) is 11.8 Å². The zero-order chi connectivity index (χ0) is 22.2. The Labute approximate surface area is 183 Å². The monoisotopic (exact) mass is 450 g/mol. The van der Waals surface area contributed by atoms with E-state index in [4.69, 9.17) is 11.6 Å². The van der Waals surface area contributed by atoms with E-state index in [0.717, 1.165) is 17.7 Å². The number of carbonyl (C=O) groups is 2. The fraction of sp³-hybridized carbons (Fsp3) is 0.391. The summed E-state index contributed by atoms with van der Waals surface area (Å²) in [5, 5.41) is 2.48. The Bertz CT molecular complexity index is 1020. The van der Waals surface area contributed by atoms with E-state index in [-0.39, 0.29) is 29.7 Å². The lowest BCUT2D eigenvalue weighted by molar-refractivity contribution is -0.140. The summed E-state index contributed by atoms with van der Waals surface area (Å²) in [6, 6.07) is 8.27. The fourth-order valence-electron chi connectivity index (χ4n) is 4.88. The van der Waals surface area contributed by atoms with Crippen LogP contribution < -0.4 is 5.32 Å². The maximum Gasteiger partial charge on any atom is 0.237 e. The number of nitrogens with zero attached hydrogens (tertiary/aromatic N) is 1. The average molecular weight is 451 g/mol. The lowest BCUT2D eigenvalue weighted by Gasteiger charge is -2.45. The first-order valence-corrected chi connectivity index (χ1v) is 10.6. The molecular weight excluding hydrogens is 429 g/mol. The van der Waals surface area contributed by atoms with E-state index >= 15 is 0 Å². The van der Waals surface area contributed by atoms with Crippen LogP contribution in [0.3, 0.4) is 0 Å². The zero-order valence-electron chi connectivity index (χ0n) is 16.8. The Morgan fingerprint density at radius 1 is 1.00 bits per heavy atom. The molecule has 4 nitrogen and oxygen atoms in total. The number of piperidine rings is 2. The minimum atomic E-state index is -1.08. The number of rotatable bonds is 4. The van der Waals surface area contributed by atoms with E-state index in [0.29, 0.717) is 38.0 Å². The maximum atomic E-state index is 14.0. The minimum absolute atomic E-state index is 0.0776. The molecule has 8 heteroatoms. The first-order chi connectivity index (χ1) is 14.8. The highest BCUT2D eigenvalue weighted by Gasteiger charge is 2.50. The molecule has 2 amide bonds. The predicted octanol–water partition coefficient (Wildman–Crippen LogP) is 4.34. The standard InChI is InChI=1S/C23H22ClF3N2O2/c24-17-3-1-14(11-19(17)26)13-29-9-6-15(7-10-29)23(8-5-21(30)28-22(23)31)16-2-4-18(25)20(27)12-16/h1-4,11-12,15H,5-10,13H2,(H,28,30,31). The average Bonchev–Trinajstić information content (AvgIpc) is 2.74. The van der Waals surface area contributed by atoms with Crippen LogP contribution in [0.1, 0.15) is 36.8 Å². The number of nitrogens with one attached hydrogen (secondary N) is 1. The lowest BCUT2D eigenvalue weighted by atomic mass is 9.62. The Balaban J connectivity index is 1.55. The van der Waals surface area contributed by atoms with Crippen LogP contribution in [0.2, 0.25) is 5.02 Å². The van der Waals surface area contributed by atoms with Crippen molar-refractivity contribution in [3.05, 3.63) is 70.0 Å². The molecule has 0 spiro atoms. The summed E-state index contributed by atoms with van der Waals surface area (Å²) in [5.74, 6) is -3.39. The van der Waals surface area contributed by atoms with Gasteiger partial charge in [-0.15, -0.1) is 0 Å². The molecule has 2 fully saturated rings. The van der Waals surface area contributed by atoms with E-state index in [9.17, 15) is 22.8 Å². The largest absolute Gasteiger partial charge is 0.299 e. The fourth-order valence-corrected chi connectivity index (χ4v) is 5.00. The summed E-state index contributed by atoms with van der Waals surface area (Å²) >= 11 is 5.75. The predicted molar refractivity (Wildman–Crippen MR) is 110 cm³/mol. The van der Waals surface area contributed by atoms with Gasteiger partial charge in [0.15, 0.2) is 11.6 Å². The molecule has 2 heterocycles. The third-order valence-electron chi connectivity index (χ3n) is 6.51. The van der Waals surface area contributed by atoms with Gasteiger partial charge in [0, 0.05) is 13.0 Å². The van der Waals surface area contributed by atoms with Crippen LogP contribution in [0.25, 0.3) is 0 Å². The summed E-state index contributed by atoms with van der Waals surface area (Å²) in [4.78, 5) is 27.0. The van der Waals surface area contributed by atoms with Crippen molar-refractivity contribution in [1.29, 1.82) is 0 Å². The number of benzene rings is 2. The van der Waals surface area contributed by atoms with Gasteiger partial charge in [-0.2, -0.15) is 0 Å². The van der Waals surface area contributed by atoms with E-state index in [1.54, 1.807) is 6.07 Å². The number of carbonyl (C=O) groups excluding carboxylic acids is 2. The first-order valence-electron chi connectivity index (χ1n) is 10.3. The summed E-state index contributed by atoms with van der Waals surface area (Å²) in [6.07, 6.45) is 1.68. The Morgan fingerprint density at radius 2 is 1.74 bits per heavy atom. The SMILES string of the molecule is O=C1CCC(c2ccc(F)c(F)c2)(C2CCN(Cc3ccc(Cl)c(F)c3)CC2)C(=O)N1. The van der Waals surface area contributed by atoms with Gasteiger partial charge in [0.05, 0.1) is 10.4 Å². The third-order valence-corrected chi connectivity index (χ3v) is 6.82. The van der Waals surface area contributed by atoms with E-state index in [1.165, 1.54) is 18.2 Å². The second-order valence-corrected chi connectivity index (χ2v) is 8.68. The lowest BCUT2D eigenvalue weighted by Crippen LogP contribution is -2.57. The van der Waals surface area contributed by atoms with Crippen LogP contribution >= 0.6 is 11.6 Å². The van der Waals surface area contributed by atoms with Gasteiger partial charge in [-0.25, -0.2) is 13.2 Å². The van der Waals surface area contributed by atoms with Crippen molar-refractivity contribution in [1.82, 2.24) is 10.2 Å². The van der Waals surface area contributed by atoms with Gasteiger partial charge in [0.1, 0.15) is 5.82 Å². The van der Waals surface area contributed by atoms with Gasteiger partial charge in [-0.1, -0.05) is 23.7 Å². The molecule has 1 atom stereocenters. The Hall–Kier alpha value is -2.38. The van der Waals surface area contributed by atoms with Crippen molar-refractivity contribution in [3.63, 3.8) is 0 Å². The molecule has 0 radical (unpaired) electrons. The molecule has 2 aliphatic heterocycles. The molecule has 0 aliphatic carbocycles. The number of likely N-dealkylation sites (tertiary alicyclic amines) is 1. The van der Waals surface area contributed by atoms with Crippen LogP contribution in [-0.2, 0) is 21.5 Å². The van der Waals surface area contributed by atoms with Gasteiger partial charge in [-0.3, -0.25) is 19.8 Å². The normalized spacial score (nSPS) is 23.1. The molecule has 1 N–H and O–H groups in total. The quantitative estimate of drug-likeness (QED) is 0.705. The molecule has 0 bridgehead atoms. The molecule has 2 saturated heterocycles. The molecule has 0 aromatic heterocycles. The molecule has 164 valence electrons. The smallest absolute Gasteiger partial charge is 0.237 e. The maximum absolute atomic E-state index is 14.0. The van der Waals surface area contributed by atoms with Crippen molar-refractivity contribution in [2.45, 2.75) is 37.6 Å². The highest BCUT2D eigenvalue weighted by Crippen LogP contribution is 2.44. The van der Waals surface area contributed by atoms with Crippen molar-refractivity contribution >= 4 is 23.4 Å². The van der Waals surface area contributed by atoms with E-state index in [1.807, 2.05) is 0 Å². The molecule has 1 unspecified atom stereocenters. The highest BCUT2D eigenvalue weighted by molar-refractivity contribution is 6.30. The number of halogens is 4. The topological polar surface area (TPSA) is 49.4 Å². The first kappa shape index (κ1) is 21.8. The number of hydrogen-bond donors (Lipinski definition) is 1. The second kappa shape index (κ2) is 8.63. The van der Waals surface area contributed by atoms with Crippen LogP contribution in [0.4, 0.5) is 13.2 Å². The van der Waals surface area contributed by atoms with E-state index < -0.39 is 28.8 Å². The Kier molecular flexibility index (Phi) is 6.08. The van der Waals surface area contributed by atoms with Gasteiger partial charge in [-0.05, 0) is 73.7 Å². The summed E-state index contributed by atoms with van der Waals surface area (Å²) in [6.45, 7) is 1.85. The van der Waals surface area contributed by atoms with E-state index in [2.05, 4.69) is 10.2 Å². The van der Waals surface area contributed by atoms with Crippen molar-refractivity contribution in [2.24, 2.45) is 5.92 Å². The molecule has 31 heavy (non-hydrogen) atoms. The molecule has 2 aliphatic rings. The van der Waals surface area contributed by atoms with Crippen LogP contribution in [0.15, 0.2) is 36.4 Å². The minimum Gasteiger partial charge on any atom is -0.299 e. The van der Waals surface area contributed by atoms with Crippen molar-refractivity contribution < 1.29 is 22.8 Å². The molecule has 2 aromatic rings. The third kappa shape index (κ3) is 4.21. The van der Waals surface area contributed by atoms with Crippen LogP contribution in [-0.4, -0.2) is 29.8 Å². The molecule has 0 saturated carbocycles. The van der Waals surface area contributed by atoms with Crippen molar-refractivity contribution in [2.75, 3.05) is 13.1 Å². The number of amides is 2. The van der Waals surface area contributed by atoms with Gasteiger partial charge in [0.25, 0.3) is 0 Å². The Morgan fingerprint density at radius 3 is 2.39 bits per heavy atom. The molecule has 4 rings (SSSR count). The summed E-state index contributed by atoms with van der Waals surface area (Å²) in [7, 11) is 0. The second-order valence-electron chi connectivity index (χ2n) is 8.28. The van der Waals surface area contributed by atoms with Crippen molar-refractivity contribution in [3.8, 4) is 0 Å². The number of imide groups is 1. The highest BCUT2D eigenvalue weighted by atomic mass is 35.5. The molecular formula is C23H22ClF3N2O2. The summed E-state index contributed by atoms with van der Waals surface area (Å²) < 4.78 is 41.3.